The first-order valence-corrected chi connectivity index (χ1v) is 9.28. The molecule has 3 rings (SSSR count). The Hall–Kier alpha value is -2.48. The summed E-state index contributed by atoms with van der Waals surface area (Å²) in [5, 5.41) is 5.81. The average molecular weight is 376 g/mol. The van der Waals surface area contributed by atoms with Crippen LogP contribution in [0.15, 0.2) is 18.2 Å². The monoisotopic (exact) mass is 376 g/mol. The zero-order chi connectivity index (χ0) is 19.6. The number of likely N-dealkylation sites (tertiary alicyclic amines) is 1. The fourth-order valence-corrected chi connectivity index (χ4v) is 3.32. The average Bonchev–Trinajstić information content (AvgIpc) is 3.05. The number of nitrogens with zero attached hydrogens (tertiary/aromatic N) is 1. The summed E-state index contributed by atoms with van der Waals surface area (Å²) in [5.41, 5.74) is 7.41. The molecule has 8 nitrogen and oxygen atoms in total. The maximum Gasteiger partial charge on any atom is 0.410 e. The molecule has 1 aromatic rings. The molecule has 8 heteroatoms. The van der Waals surface area contributed by atoms with E-state index in [1.54, 1.807) is 4.90 Å². The first-order chi connectivity index (χ1) is 12.7. The summed E-state index contributed by atoms with van der Waals surface area (Å²) in [6, 6.07) is 4.73. The van der Waals surface area contributed by atoms with Gasteiger partial charge in [0.25, 0.3) is 0 Å². The number of nitrogens with two attached hydrogens (primary N) is 1. The number of amides is 3. The second kappa shape index (κ2) is 7.64. The van der Waals surface area contributed by atoms with Gasteiger partial charge in [-0.2, -0.15) is 0 Å². The van der Waals surface area contributed by atoms with Gasteiger partial charge in [-0.05, 0) is 39.3 Å². The summed E-state index contributed by atoms with van der Waals surface area (Å²) >= 11 is 0. The molecule has 0 aromatic heterocycles. The van der Waals surface area contributed by atoms with Crippen molar-refractivity contribution in [2.75, 3.05) is 25.0 Å². The number of nitrogens with one attached hydrogen (secondary N) is 2. The van der Waals surface area contributed by atoms with E-state index in [0.717, 1.165) is 23.4 Å². The normalized spacial score (nSPS) is 21.9. The summed E-state index contributed by atoms with van der Waals surface area (Å²) in [4.78, 5) is 26.2. The Morgan fingerprint density at radius 3 is 2.81 bits per heavy atom. The van der Waals surface area contributed by atoms with Gasteiger partial charge >= 0.3 is 12.1 Å². The van der Waals surface area contributed by atoms with Gasteiger partial charge in [-0.15, -0.1) is 0 Å². The fourth-order valence-electron chi connectivity index (χ4n) is 3.32. The second-order valence-electron chi connectivity index (χ2n) is 7.96. The van der Waals surface area contributed by atoms with Gasteiger partial charge in [0.2, 0.25) is 0 Å². The highest BCUT2D eigenvalue weighted by atomic mass is 16.6. The topological polar surface area (TPSA) is 106 Å². The van der Waals surface area contributed by atoms with Crippen LogP contribution in [0, 0.1) is 0 Å². The molecule has 2 aliphatic heterocycles. The van der Waals surface area contributed by atoms with Gasteiger partial charge in [0.05, 0.1) is 6.61 Å². The summed E-state index contributed by atoms with van der Waals surface area (Å²) in [5.74, 6) is 0.815. The van der Waals surface area contributed by atoms with Crippen LogP contribution in [0.2, 0.25) is 0 Å². The Kier molecular flexibility index (Phi) is 5.46. The first-order valence-electron chi connectivity index (χ1n) is 9.28. The zero-order valence-electron chi connectivity index (χ0n) is 16.1. The molecule has 2 unspecified atom stereocenters. The molecule has 2 atom stereocenters. The highest BCUT2D eigenvalue weighted by molar-refractivity contribution is 5.91. The van der Waals surface area contributed by atoms with Crippen LogP contribution in [-0.2, 0) is 11.2 Å². The molecular formula is C19H28N4O4. The van der Waals surface area contributed by atoms with Crippen LogP contribution in [0.25, 0.3) is 0 Å². The standard InChI is InChI=1S/C19H28N4O4/c1-19(2,3)27-18(25)23-9-7-15(13(20)11-23)22-17(24)21-14-5-4-6-16-12(14)8-10-26-16/h4-6,13,15H,7-11,20H2,1-3H3,(H2,21,22,24). The van der Waals surface area contributed by atoms with E-state index in [-0.39, 0.29) is 24.2 Å². The van der Waals surface area contributed by atoms with Crippen LogP contribution in [0.3, 0.4) is 0 Å². The van der Waals surface area contributed by atoms with E-state index < -0.39 is 5.60 Å². The van der Waals surface area contributed by atoms with Crippen molar-refractivity contribution in [1.29, 1.82) is 0 Å². The molecule has 3 amide bonds. The van der Waals surface area contributed by atoms with Crippen LogP contribution in [-0.4, -0.2) is 54.4 Å². The third kappa shape index (κ3) is 4.82. The Labute approximate surface area is 159 Å². The summed E-state index contributed by atoms with van der Waals surface area (Å²) < 4.78 is 10.9. The van der Waals surface area contributed by atoms with E-state index in [1.165, 1.54) is 0 Å². The van der Waals surface area contributed by atoms with Gasteiger partial charge in [-0.25, -0.2) is 9.59 Å². The Morgan fingerprint density at radius 2 is 2.11 bits per heavy atom. The molecule has 4 N–H and O–H groups in total. The van der Waals surface area contributed by atoms with Gasteiger partial charge in [0.1, 0.15) is 11.4 Å². The summed E-state index contributed by atoms with van der Waals surface area (Å²) in [6.07, 6.45) is 0.976. The Balaban J connectivity index is 1.53. The number of hydrogen-bond acceptors (Lipinski definition) is 5. The maximum atomic E-state index is 12.4. The van der Waals surface area contributed by atoms with E-state index in [2.05, 4.69) is 10.6 Å². The number of benzene rings is 1. The lowest BCUT2D eigenvalue weighted by molar-refractivity contribution is 0.0182. The number of anilines is 1. The molecule has 2 aliphatic rings. The molecule has 1 fully saturated rings. The van der Waals surface area contributed by atoms with Crippen molar-refractivity contribution in [2.24, 2.45) is 5.73 Å². The minimum atomic E-state index is -0.546. The van der Waals surface area contributed by atoms with Crippen LogP contribution >= 0.6 is 0 Å². The number of rotatable bonds is 2. The van der Waals surface area contributed by atoms with Crippen LogP contribution in [0.4, 0.5) is 15.3 Å². The molecule has 0 saturated carbocycles. The van der Waals surface area contributed by atoms with Crippen molar-refractivity contribution in [3.05, 3.63) is 23.8 Å². The second-order valence-corrected chi connectivity index (χ2v) is 7.96. The third-order valence-electron chi connectivity index (χ3n) is 4.62. The number of fused-ring (bicyclic) bond motifs is 1. The molecule has 1 aromatic carbocycles. The SMILES string of the molecule is CC(C)(C)OC(=O)N1CCC(NC(=O)Nc2cccc3c2CCO3)C(N)C1. The maximum absolute atomic E-state index is 12.4. The number of carbonyl (C=O) groups is 2. The smallest absolute Gasteiger partial charge is 0.410 e. The van der Waals surface area contributed by atoms with Gasteiger partial charge in [-0.1, -0.05) is 6.07 Å². The fraction of sp³-hybridized carbons (Fsp3) is 0.579. The van der Waals surface area contributed by atoms with E-state index in [9.17, 15) is 9.59 Å². The zero-order valence-corrected chi connectivity index (χ0v) is 16.1. The highest BCUT2D eigenvalue weighted by Gasteiger charge is 2.32. The predicted octanol–water partition coefficient (Wildman–Crippen LogP) is 2.08. The van der Waals surface area contributed by atoms with Crippen molar-refractivity contribution < 1.29 is 19.1 Å². The largest absolute Gasteiger partial charge is 0.493 e. The van der Waals surface area contributed by atoms with E-state index in [1.807, 2.05) is 39.0 Å². The van der Waals surface area contributed by atoms with Crippen LogP contribution < -0.4 is 21.1 Å². The van der Waals surface area contributed by atoms with E-state index in [0.29, 0.717) is 26.1 Å². The number of hydrogen-bond donors (Lipinski definition) is 3. The molecule has 0 spiro atoms. The van der Waals surface area contributed by atoms with Crippen LogP contribution in [0.1, 0.15) is 32.8 Å². The molecule has 27 heavy (non-hydrogen) atoms. The molecule has 0 aliphatic carbocycles. The van der Waals surface area contributed by atoms with Crippen molar-refractivity contribution in [3.63, 3.8) is 0 Å². The van der Waals surface area contributed by atoms with Crippen molar-refractivity contribution in [3.8, 4) is 5.75 Å². The summed E-state index contributed by atoms with van der Waals surface area (Å²) in [6.45, 7) is 6.94. The van der Waals surface area contributed by atoms with Gasteiger partial charge in [-0.3, -0.25) is 0 Å². The molecule has 0 bridgehead atoms. The van der Waals surface area contributed by atoms with Crippen molar-refractivity contribution >= 4 is 17.8 Å². The van der Waals surface area contributed by atoms with Crippen molar-refractivity contribution in [2.45, 2.75) is 51.3 Å². The van der Waals surface area contributed by atoms with Gasteiger partial charge in [0, 0.05) is 42.8 Å². The molecule has 1 saturated heterocycles. The number of urea groups is 1. The number of carbonyl (C=O) groups excluding carboxylic acids is 2. The number of ether oxygens (including phenoxy) is 2. The molecule has 148 valence electrons. The summed E-state index contributed by atoms with van der Waals surface area (Å²) in [7, 11) is 0. The molecule has 0 radical (unpaired) electrons. The molecular weight excluding hydrogens is 348 g/mol. The van der Waals surface area contributed by atoms with Crippen molar-refractivity contribution in [1.82, 2.24) is 10.2 Å². The van der Waals surface area contributed by atoms with Gasteiger partial charge in [0.15, 0.2) is 0 Å². The minimum absolute atomic E-state index is 0.211. The highest BCUT2D eigenvalue weighted by Crippen LogP contribution is 2.31. The molecule has 2 heterocycles. The lowest BCUT2D eigenvalue weighted by atomic mass is 10.0. The van der Waals surface area contributed by atoms with E-state index in [4.69, 9.17) is 15.2 Å². The first kappa shape index (κ1) is 19.3. The van der Waals surface area contributed by atoms with Crippen LogP contribution in [0.5, 0.6) is 5.75 Å². The number of piperidine rings is 1. The van der Waals surface area contributed by atoms with E-state index >= 15 is 0 Å². The van der Waals surface area contributed by atoms with Gasteiger partial charge < -0.3 is 30.7 Å². The minimum Gasteiger partial charge on any atom is -0.493 e. The third-order valence-corrected chi connectivity index (χ3v) is 4.62. The Morgan fingerprint density at radius 1 is 1.33 bits per heavy atom. The Bertz CT molecular complexity index is 716. The quantitative estimate of drug-likeness (QED) is 0.733. The lowest BCUT2D eigenvalue weighted by Crippen LogP contribution is -2.59. The predicted molar refractivity (Wildman–Crippen MR) is 102 cm³/mol. The lowest BCUT2D eigenvalue weighted by Gasteiger charge is -2.37.